The van der Waals surface area contributed by atoms with Crippen molar-refractivity contribution in [3.05, 3.63) is 65.7 Å². The predicted octanol–water partition coefficient (Wildman–Crippen LogP) is 2.87. The second kappa shape index (κ2) is 9.62. The van der Waals surface area contributed by atoms with Crippen LogP contribution in [0.5, 0.6) is 5.75 Å². The molecule has 2 heterocycles. The molecule has 0 aromatic heterocycles. The van der Waals surface area contributed by atoms with E-state index in [1.165, 1.54) is 0 Å². The van der Waals surface area contributed by atoms with Gasteiger partial charge in [0.2, 0.25) is 0 Å². The van der Waals surface area contributed by atoms with Crippen LogP contribution in [0, 0.1) is 5.92 Å². The van der Waals surface area contributed by atoms with Crippen molar-refractivity contribution in [2.75, 3.05) is 33.3 Å². The fourth-order valence-corrected chi connectivity index (χ4v) is 4.78. The third-order valence-electron chi connectivity index (χ3n) is 6.60. The number of benzene rings is 2. The topological polar surface area (TPSA) is 70.1 Å². The molecule has 4 rings (SSSR count). The third kappa shape index (κ3) is 4.81. The van der Waals surface area contributed by atoms with Gasteiger partial charge in [-0.25, -0.2) is 0 Å². The smallest absolute Gasteiger partial charge is 0.253 e. The van der Waals surface area contributed by atoms with Crippen molar-refractivity contribution in [3.63, 3.8) is 0 Å². The average molecular weight is 423 g/mol. The Morgan fingerprint density at radius 1 is 0.903 bits per heavy atom. The minimum absolute atomic E-state index is 0.0153. The minimum atomic E-state index is -0.574. The first kappa shape index (κ1) is 21.5. The van der Waals surface area contributed by atoms with E-state index in [0.717, 1.165) is 43.7 Å². The standard InChI is InChI=1S/C25H30N2O4/c1-31-21-9-7-18(8-10-21)24(29)19-11-14-26(15-12-19)22-13-16-27(17-23(22)28)25(30)20-5-3-2-4-6-20/h2-10,19,22-23,28H,11-17H2,1H3/t22-,23-/m0/s1. The van der Waals surface area contributed by atoms with Gasteiger partial charge in [0.1, 0.15) is 5.75 Å². The maximum Gasteiger partial charge on any atom is 0.253 e. The molecule has 2 aliphatic rings. The molecule has 2 aromatic carbocycles. The quantitative estimate of drug-likeness (QED) is 0.751. The fraction of sp³-hybridized carbons (Fsp3) is 0.440. The zero-order chi connectivity index (χ0) is 21.8. The number of carbonyl (C=O) groups is 2. The lowest BCUT2D eigenvalue weighted by Crippen LogP contribution is -2.57. The van der Waals surface area contributed by atoms with Crippen molar-refractivity contribution in [1.82, 2.24) is 9.80 Å². The van der Waals surface area contributed by atoms with Crippen LogP contribution in [-0.4, -0.2) is 72.0 Å². The predicted molar refractivity (Wildman–Crippen MR) is 118 cm³/mol. The van der Waals surface area contributed by atoms with Crippen LogP contribution < -0.4 is 4.74 Å². The number of piperidine rings is 2. The molecule has 2 aliphatic heterocycles. The molecule has 164 valence electrons. The van der Waals surface area contributed by atoms with Gasteiger partial charge in [0.15, 0.2) is 5.78 Å². The Kier molecular flexibility index (Phi) is 6.68. The van der Waals surface area contributed by atoms with Gasteiger partial charge in [-0.1, -0.05) is 18.2 Å². The monoisotopic (exact) mass is 422 g/mol. The number of aliphatic hydroxyl groups is 1. The van der Waals surface area contributed by atoms with Crippen LogP contribution in [0.15, 0.2) is 54.6 Å². The number of amides is 1. The van der Waals surface area contributed by atoms with Gasteiger partial charge in [0.05, 0.1) is 13.2 Å². The SMILES string of the molecule is COc1ccc(C(=O)C2CCN([C@H]3CCN(C(=O)c4ccccc4)C[C@@H]3O)CC2)cc1. The van der Waals surface area contributed by atoms with Crippen LogP contribution in [0.4, 0.5) is 0 Å². The maximum absolute atomic E-state index is 12.8. The highest BCUT2D eigenvalue weighted by Crippen LogP contribution is 2.27. The highest BCUT2D eigenvalue weighted by molar-refractivity contribution is 5.98. The lowest BCUT2D eigenvalue weighted by atomic mass is 9.87. The molecule has 2 fully saturated rings. The Labute approximate surface area is 183 Å². The molecule has 0 aliphatic carbocycles. The van der Waals surface area contributed by atoms with Gasteiger partial charge in [-0.2, -0.15) is 0 Å². The second-order valence-corrected chi connectivity index (χ2v) is 8.44. The Bertz CT molecular complexity index is 891. The number of hydrogen-bond acceptors (Lipinski definition) is 5. The first-order valence-electron chi connectivity index (χ1n) is 11.0. The molecule has 6 nitrogen and oxygen atoms in total. The van der Waals surface area contributed by atoms with E-state index in [-0.39, 0.29) is 23.7 Å². The van der Waals surface area contributed by atoms with Crippen LogP contribution in [0.2, 0.25) is 0 Å². The molecule has 31 heavy (non-hydrogen) atoms. The third-order valence-corrected chi connectivity index (χ3v) is 6.60. The number of hydrogen-bond donors (Lipinski definition) is 1. The summed E-state index contributed by atoms with van der Waals surface area (Å²) < 4.78 is 5.17. The summed E-state index contributed by atoms with van der Waals surface area (Å²) in [5.41, 5.74) is 1.39. The van der Waals surface area contributed by atoms with Crippen molar-refractivity contribution in [2.24, 2.45) is 5.92 Å². The van der Waals surface area contributed by atoms with Gasteiger partial charge in [-0.15, -0.1) is 0 Å². The van der Waals surface area contributed by atoms with E-state index in [4.69, 9.17) is 4.74 Å². The fourth-order valence-electron chi connectivity index (χ4n) is 4.78. The lowest BCUT2D eigenvalue weighted by molar-refractivity contribution is -0.0185. The van der Waals surface area contributed by atoms with Gasteiger partial charge < -0.3 is 14.7 Å². The van der Waals surface area contributed by atoms with Crippen LogP contribution >= 0.6 is 0 Å². The van der Waals surface area contributed by atoms with Crippen molar-refractivity contribution < 1.29 is 19.4 Å². The molecule has 0 saturated carbocycles. The van der Waals surface area contributed by atoms with Gasteiger partial charge in [-0.05, 0) is 68.8 Å². The van der Waals surface area contributed by atoms with Crippen LogP contribution in [0.3, 0.4) is 0 Å². The van der Waals surface area contributed by atoms with Gasteiger partial charge in [0.25, 0.3) is 5.91 Å². The number of ketones is 1. The Hall–Kier alpha value is -2.70. The number of Topliss-reactive ketones (excluding diaryl/α,β-unsaturated/α-hetero) is 1. The van der Waals surface area contributed by atoms with E-state index in [2.05, 4.69) is 4.90 Å². The Morgan fingerprint density at radius 2 is 1.58 bits per heavy atom. The number of carbonyl (C=O) groups excluding carboxylic acids is 2. The molecule has 2 saturated heterocycles. The summed E-state index contributed by atoms with van der Waals surface area (Å²) in [7, 11) is 1.61. The first-order chi connectivity index (χ1) is 15.1. The van der Waals surface area contributed by atoms with Crippen molar-refractivity contribution in [1.29, 1.82) is 0 Å². The molecule has 0 bridgehead atoms. The van der Waals surface area contributed by atoms with Crippen LogP contribution in [-0.2, 0) is 0 Å². The van der Waals surface area contributed by atoms with Gasteiger partial charge in [-0.3, -0.25) is 14.5 Å². The van der Waals surface area contributed by atoms with E-state index in [0.29, 0.717) is 18.7 Å². The summed E-state index contributed by atoms with van der Waals surface area (Å²) in [6, 6.07) is 16.6. The Morgan fingerprint density at radius 3 is 2.19 bits per heavy atom. The Balaban J connectivity index is 1.30. The molecule has 2 aromatic rings. The van der Waals surface area contributed by atoms with Gasteiger partial charge >= 0.3 is 0 Å². The zero-order valence-corrected chi connectivity index (χ0v) is 17.9. The molecule has 1 amide bonds. The van der Waals surface area contributed by atoms with E-state index in [1.54, 1.807) is 12.0 Å². The summed E-state index contributed by atoms with van der Waals surface area (Å²) in [5.74, 6) is 0.923. The zero-order valence-electron chi connectivity index (χ0n) is 17.9. The number of likely N-dealkylation sites (tertiary alicyclic amines) is 2. The molecule has 0 radical (unpaired) electrons. The number of rotatable bonds is 5. The van der Waals surface area contributed by atoms with E-state index in [1.807, 2.05) is 54.6 Å². The maximum atomic E-state index is 12.8. The molecule has 0 unspecified atom stereocenters. The summed E-state index contributed by atoms with van der Waals surface area (Å²) in [4.78, 5) is 29.6. The molecular weight excluding hydrogens is 392 g/mol. The van der Waals surface area contributed by atoms with Crippen molar-refractivity contribution in [3.8, 4) is 5.75 Å². The average Bonchev–Trinajstić information content (AvgIpc) is 2.84. The van der Waals surface area contributed by atoms with Crippen LogP contribution in [0.1, 0.15) is 40.0 Å². The number of aliphatic hydroxyl groups excluding tert-OH is 1. The molecule has 0 spiro atoms. The van der Waals surface area contributed by atoms with E-state index in [9.17, 15) is 14.7 Å². The van der Waals surface area contributed by atoms with E-state index >= 15 is 0 Å². The number of β-amino-alcohol motifs (C(OH)–C–C–N with tert-alkyl or cyclic N) is 1. The van der Waals surface area contributed by atoms with E-state index < -0.39 is 6.10 Å². The van der Waals surface area contributed by atoms with Gasteiger partial charge in [0, 0.05) is 36.2 Å². The normalized spacial score (nSPS) is 22.8. The second-order valence-electron chi connectivity index (χ2n) is 8.44. The van der Waals surface area contributed by atoms with Crippen molar-refractivity contribution in [2.45, 2.75) is 31.4 Å². The molecule has 1 N–H and O–H groups in total. The summed E-state index contributed by atoms with van der Waals surface area (Å²) >= 11 is 0. The lowest BCUT2D eigenvalue weighted by Gasteiger charge is -2.44. The highest BCUT2D eigenvalue weighted by atomic mass is 16.5. The van der Waals surface area contributed by atoms with Crippen molar-refractivity contribution >= 4 is 11.7 Å². The minimum Gasteiger partial charge on any atom is -0.497 e. The molecule has 6 heteroatoms. The molecule has 2 atom stereocenters. The summed E-state index contributed by atoms with van der Waals surface area (Å²) in [5, 5.41) is 10.8. The number of ether oxygens (including phenoxy) is 1. The summed E-state index contributed by atoms with van der Waals surface area (Å²) in [6.07, 6.45) is 1.76. The summed E-state index contributed by atoms with van der Waals surface area (Å²) in [6.45, 7) is 2.57. The number of nitrogens with zero attached hydrogens (tertiary/aromatic N) is 2. The highest BCUT2D eigenvalue weighted by Gasteiger charge is 2.36. The first-order valence-corrected chi connectivity index (χ1v) is 11.0. The largest absolute Gasteiger partial charge is 0.497 e. The molecular formula is C25H30N2O4. The van der Waals surface area contributed by atoms with Crippen LogP contribution in [0.25, 0.3) is 0 Å². The number of methoxy groups -OCH3 is 1.